The van der Waals surface area contributed by atoms with Crippen molar-refractivity contribution in [1.29, 1.82) is 0 Å². The fourth-order valence-corrected chi connectivity index (χ4v) is 2.43. The topological polar surface area (TPSA) is 93.8 Å². The maximum Gasteiger partial charge on any atom is 0.275 e. The van der Waals surface area contributed by atoms with Gasteiger partial charge in [0, 0.05) is 29.2 Å². The Kier molecular flexibility index (Phi) is 4.36. The van der Waals surface area contributed by atoms with Gasteiger partial charge in [0.1, 0.15) is 11.5 Å². The Morgan fingerprint density at radius 2 is 1.89 bits per heavy atom. The van der Waals surface area contributed by atoms with Gasteiger partial charge in [0.25, 0.3) is 11.8 Å². The van der Waals surface area contributed by atoms with Crippen molar-refractivity contribution in [1.82, 2.24) is 20.1 Å². The number of aromatic nitrogens is 4. The van der Waals surface area contributed by atoms with Gasteiger partial charge in [0.05, 0.1) is 6.20 Å². The quantitative estimate of drug-likeness (QED) is 0.597. The fraction of sp³-hybridized carbons (Fsp3) is 0. The predicted molar refractivity (Wildman–Crippen MR) is 95.1 cm³/mol. The molecule has 4 aromatic rings. The van der Waals surface area contributed by atoms with Crippen LogP contribution in [0.4, 0.5) is 10.1 Å². The minimum Gasteiger partial charge on any atom is -0.334 e. The van der Waals surface area contributed by atoms with E-state index in [4.69, 9.17) is 4.52 Å². The molecule has 8 heteroatoms. The molecule has 7 nitrogen and oxygen atoms in total. The van der Waals surface area contributed by atoms with Crippen LogP contribution >= 0.6 is 0 Å². The summed E-state index contributed by atoms with van der Waals surface area (Å²) in [5, 5.41) is 6.66. The molecule has 1 N–H and O–H groups in total. The molecule has 132 valence electrons. The van der Waals surface area contributed by atoms with Crippen LogP contribution in [-0.4, -0.2) is 26.0 Å². The van der Waals surface area contributed by atoms with Crippen molar-refractivity contribution in [2.45, 2.75) is 0 Å². The molecule has 0 aliphatic carbocycles. The molecule has 0 spiro atoms. The van der Waals surface area contributed by atoms with E-state index >= 15 is 0 Å². The minimum atomic E-state index is -0.388. The van der Waals surface area contributed by atoms with Crippen molar-refractivity contribution in [3.05, 3.63) is 78.6 Å². The smallest absolute Gasteiger partial charge is 0.275 e. The van der Waals surface area contributed by atoms with Gasteiger partial charge in [-0.1, -0.05) is 23.4 Å². The maximum atomic E-state index is 13.4. The Hall–Kier alpha value is -3.94. The van der Waals surface area contributed by atoms with E-state index in [-0.39, 0.29) is 23.3 Å². The van der Waals surface area contributed by atoms with Gasteiger partial charge in [-0.3, -0.25) is 9.78 Å². The van der Waals surface area contributed by atoms with Gasteiger partial charge in [0.15, 0.2) is 0 Å². The summed E-state index contributed by atoms with van der Waals surface area (Å²) in [6.07, 6.45) is 4.31. The van der Waals surface area contributed by atoms with Crippen LogP contribution < -0.4 is 5.32 Å². The first kappa shape index (κ1) is 16.5. The minimum absolute atomic E-state index is 0.204. The number of carbonyl (C=O) groups is 1. The van der Waals surface area contributed by atoms with Gasteiger partial charge in [0.2, 0.25) is 5.82 Å². The number of hydrogen-bond donors (Lipinski definition) is 1. The summed E-state index contributed by atoms with van der Waals surface area (Å²) in [4.78, 5) is 24.3. The lowest BCUT2D eigenvalue weighted by molar-refractivity contribution is 0.102. The Balaban J connectivity index is 1.57. The van der Waals surface area contributed by atoms with Crippen molar-refractivity contribution >= 4 is 11.6 Å². The van der Waals surface area contributed by atoms with Gasteiger partial charge < -0.3 is 9.84 Å². The third-order valence-corrected chi connectivity index (χ3v) is 3.67. The molecular weight excluding hydrogens is 349 g/mol. The highest BCUT2D eigenvalue weighted by Crippen LogP contribution is 2.24. The Bertz CT molecular complexity index is 1100. The van der Waals surface area contributed by atoms with Gasteiger partial charge in [-0.2, -0.15) is 4.98 Å². The van der Waals surface area contributed by atoms with E-state index < -0.39 is 0 Å². The summed E-state index contributed by atoms with van der Waals surface area (Å²) in [7, 11) is 0. The molecule has 0 radical (unpaired) electrons. The lowest BCUT2D eigenvalue weighted by Gasteiger charge is -2.05. The first-order chi connectivity index (χ1) is 13.2. The molecule has 0 unspecified atom stereocenters. The molecular formula is C19H12FN5O2. The third-order valence-electron chi connectivity index (χ3n) is 3.67. The second kappa shape index (κ2) is 7.12. The third kappa shape index (κ3) is 3.69. The van der Waals surface area contributed by atoms with Crippen molar-refractivity contribution in [2.75, 3.05) is 5.32 Å². The van der Waals surface area contributed by atoms with Crippen molar-refractivity contribution in [3.8, 4) is 22.8 Å². The highest BCUT2D eigenvalue weighted by atomic mass is 19.1. The Labute approximate surface area is 152 Å². The summed E-state index contributed by atoms with van der Waals surface area (Å²) in [5.74, 6) is -0.238. The molecule has 2 heterocycles. The van der Waals surface area contributed by atoms with E-state index in [2.05, 4.69) is 25.4 Å². The summed E-state index contributed by atoms with van der Waals surface area (Å²) >= 11 is 0. The summed E-state index contributed by atoms with van der Waals surface area (Å²) in [6, 6.07) is 12.9. The van der Waals surface area contributed by atoms with Gasteiger partial charge >= 0.3 is 0 Å². The lowest BCUT2D eigenvalue weighted by Crippen LogP contribution is -2.13. The Morgan fingerprint density at radius 3 is 2.70 bits per heavy atom. The molecule has 0 atom stereocenters. The summed E-state index contributed by atoms with van der Waals surface area (Å²) in [5.41, 5.74) is 1.87. The molecule has 0 saturated heterocycles. The van der Waals surface area contributed by atoms with Crippen molar-refractivity contribution in [3.63, 3.8) is 0 Å². The van der Waals surface area contributed by atoms with Crippen LogP contribution in [0.15, 0.2) is 71.6 Å². The number of rotatable bonds is 4. The zero-order valence-electron chi connectivity index (χ0n) is 13.8. The van der Waals surface area contributed by atoms with Crippen LogP contribution in [0.2, 0.25) is 0 Å². The van der Waals surface area contributed by atoms with E-state index in [0.717, 1.165) is 0 Å². The number of halogens is 1. The largest absolute Gasteiger partial charge is 0.334 e. The maximum absolute atomic E-state index is 13.4. The number of carbonyl (C=O) groups excluding carboxylic acids is 1. The van der Waals surface area contributed by atoms with Crippen LogP contribution in [-0.2, 0) is 0 Å². The van der Waals surface area contributed by atoms with Crippen LogP contribution in [0.25, 0.3) is 22.8 Å². The van der Waals surface area contributed by atoms with Crippen LogP contribution in [0.5, 0.6) is 0 Å². The molecule has 1 amide bonds. The van der Waals surface area contributed by atoms with Gasteiger partial charge in [-0.15, -0.1) is 0 Å². The van der Waals surface area contributed by atoms with Crippen LogP contribution in [0, 0.1) is 5.82 Å². The molecule has 2 aromatic carbocycles. The fourth-order valence-electron chi connectivity index (χ4n) is 2.43. The molecule has 0 aliphatic heterocycles. The number of nitrogens with one attached hydrogen (secondary N) is 1. The highest BCUT2D eigenvalue weighted by molar-refractivity contribution is 6.02. The number of hydrogen-bond acceptors (Lipinski definition) is 6. The average molecular weight is 361 g/mol. The van der Waals surface area contributed by atoms with E-state index in [1.807, 2.05) is 0 Å². The SMILES string of the molecule is O=C(Nc1cccc(-c2noc(-c3cccc(F)c3)n2)c1)c1cnccn1. The summed E-state index contributed by atoms with van der Waals surface area (Å²) in [6.45, 7) is 0. The second-order valence-corrected chi connectivity index (χ2v) is 5.56. The first-order valence-corrected chi connectivity index (χ1v) is 7.96. The zero-order chi connectivity index (χ0) is 18.6. The number of nitrogens with zero attached hydrogens (tertiary/aromatic N) is 4. The number of anilines is 1. The van der Waals surface area contributed by atoms with Crippen molar-refractivity contribution in [2.24, 2.45) is 0 Å². The van der Waals surface area contributed by atoms with E-state index in [0.29, 0.717) is 22.6 Å². The monoisotopic (exact) mass is 361 g/mol. The standard InChI is InChI=1S/C19H12FN5O2/c20-14-5-1-4-13(9-14)19-24-17(25-27-19)12-3-2-6-15(10-12)23-18(26)16-11-21-7-8-22-16/h1-11H,(H,23,26). The first-order valence-electron chi connectivity index (χ1n) is 7.96. The molecule has 0 aliphatic rings. The molecule has 0 bridgehead atoms. The summed E-state index contributed by atoms with van der Waals surface area (Å²) < 4.78 is 18.6. The molecule has 27 heavy (non-hydrogen) atoms. The van der Waals surface area contributed by atoms with Gasteiger partial charge in [-0.05, 0) is 30.3 Å². The number of amides is 1. The Morgan fingerprint density at radius 1 is 1.04 bits per heavy atom. The van der Waals surface area contributed by atoms with Gasteiger partial charge in [-0.25, -0.2) is 9.37 Å². The molecule has 0 saturated carbocycles. The molecule has 4 rings (SSSR count). The normalized spacial score (nSPS) is 10.6. The second-order valence-electron chi connectivity index (χ2n) is 5.56. The molecule has 2 aromatic heterocycles. The average Bonchev–Trinajstić information content (AvgIpc) is 3.19. The van der Waals surface area contributed by atoms with Crippen LogP contribution in [0.1, 0.15) is 10.5 Å². The zero-order valence-corrected chi connectivity index (χ0v) is 13.8. The number of benzene rings is 2. The van der Waals surface area contributed by atoms with E-state index in [9.17, 15) is 9.18 Å². The van der Waals surface area contributed by atoms with Crippen LogP contribution in [0.3, 0.4) is 0 Å². The van der Waals surface area contributed by atoms with Crippen molar-refractivity contribution < 1.29 is 13.7 Å². The molecule has 0 fully saturated rings. The predicted octanol–water partition coefficient (Wildman–Crippen LogP) is 3.59. The van der Waals surface area contributed by atoms with E-state index in [1.165, 1.54) is 30.7 Å². The lowest BCUT2D eigenvalue weighted by atomic mass is 10.2. The van der Waals surface area contributed by atoms with E-state index in [1.54, 1.807) is 36.4 Å². The highest BCUT2D eigenvalue weighted by Gasteiger charge is 2.13.